The number of rotatable bonds is 8. The maximum atomic E-state index is 8.25. The van der Waals surface area contributed by atoms with Crippen LogP contribution in [-0.4, -0.2) is 0 Å². The maximum absolute atomic E-state index is 8.25. The predicted molar refractivity (Wildman–Crippen MR) is 66.4 cm³/mol. The first-order valence-corrected chi connectivity index (χ1v) is 5.76. The highest BCUT2D eigenvalue weighted by molar-refractivity contribution is 5.01. The summed E-state index contributed by atoms with van der Waals surface area (Å²) in [5.41, 5.74) is 0. The second kappa shape index (κ2) is 12.7. The smallest absolute Gasteiger partial charge is 0.0908 e. The summed E-state index contributed by atoms with van der Waals surface area (Å²) in [6.45, 7) is 2.19. The van der Waals surface area contributed by atoms with E-state index < -0.39 is 0 Å². The first-order valence-electron chi connectivity index (χ1n) is 5.76. The van der Waals surface area contributed by atoms with E-state index in [2.05, 4.69) is 31.2 Å². The molecule has 0 amide bonds. The number of unbranched alkanes of at least 4 members (excludes halogenated alkanes) is 3. The molecule has 0 aromatic heterocycles. The largest absolute Gasteiger partial charge is 0.193 e. The van der Waals surface area contributed by atoms with E-state index in [9.17, 15) is 0 Å². The second-order valence-electron chi connectivity index (χ2n) is 3.43. The molecule has 0 aliphatic carbocycles. The Kier molecular flexibility index (Phi) is 11.6. The predicted octanol–water partition coefficient (Wildman–Crippen LogP) is 4.54. The number of hydrogen-bond acceptors (Lipinski definition) is 1. The van der Waals surface area contributed by atoms with E-state index in [4.69, 9.17) is 5.26 Å². The number of hydrogen-bond donors (Lipinski definition) is 0. The van der Waals surface area contributed by atoms with E-state index in [1.54, 1.807) is 6.08 Å². The van der Waals surface area contributed by atoms with Gasteiger partial charge in [-0.2, -0.15) is 5.26 Å². The Hall–Kier alpha value is -1.29. The highest BCUT2D eigenvalue weighted by atomic mass is 14.2. The third kappa shape index (κ3) is 12.7. The van der Waals surface area contributed by atoms with Crippen molar-refractivity contribution in [1.29, 1.82) is 5.26 Å². The van der Waals surface area contributed by atoms with Crippen LogP contribution in [0.3, 0.4) is 0 Å². The van der Waals surface area contributed by atoms with Gasteiger partial charge in [0, 0.05) is 6.08 Å². The van der Waals surface area contributed by atoms with Gasteiger partial charge in [0.15, 0.2) is 0 Å². The minimum Gasteiger partial charge on any atom is -0.193 e. The zero-order valence-electron chi connectivity index (χ0n) is 9.65. The van der Waals surface area contributed by atoms with Crippen molar-refractivity contribution in [1.82, 2.24) is 0 Å². The fourth-order valence-electron chi connectivity index (χ4n) is 1.16. The van der Waals surface area contributed by atoms with Gasteiger partial charge in [-0.15, -0.1) is 0 Å². The summed E-state index contributed by atoms with van der Waals surface area (Å²) < 4.78 is 0. The van der Waals surface area contributed by atoms with Crippen molar-refractivity contribution in [3.63, 3.8) is 0 Å². The van der Waals surface area contributed by atoms with Crippen molar-refractivity contribution in [2.24, 2.45) is 0 Å². The molecule has 0 bridgehead atoms. The molecule has 1 heteroatoms. The molecule has 0 aromatic carbocycles. The molecule has 0 aliphatic rings. The molecule has 0 fully saturated rings. The van der Waals surface area contributed by atoms with Gasteiger partial charge in [0.1, 0.15) is 0 Å². The van der Waals surface area contributed by atoms with E-state index in [1.807, 2.05) is 12.1 Å². The average molecular weight is 203 g/mol. The van der Waals surface area contributed by atoms with Crippen LogP contribution in [0.2, 0.25) is 0 Å². The third-order valence-corrected chi connectivity index (χ3v) is 1.99. The van der Waals surface area contributed by atoms with Crippen LogP contribution in [0.1, 0.15) is 45.4 Å². The van der Waals surface area contributed by atoms with Gasteiger partial charge >= 0.3 is 0 Å². The summed E-state index contributed by atoms with van der Waals surface area (Å²) >= 11 is 0. The molecule has 15 heavy (non-hydrogen) atoms. The zero-order valence-corrected chi connectivity index (χ0v) is 9.65. The minimum atomic E-state index is 1.00. The number of nitriles is 1. The Balaban J connectivity index is 3.25. The lowest BCUT2D eigenvalue weighted by atomic mass is 10.2. The van der Waals surface area contributed by atoms with E-state index in [1.165, 1.54) is 12.8 Å². The van der Waals surface area contributed by atoms with Crippen LogP contribution in [0.4, 0.5) is 0 Å². The van der Waals surface area contributed by atoms with Crippen LogP contribution in [0.5, 0.6) is 0 Å². The Morgan fingerprint density at radius 1 is 0.933 bits per heavy atom. The Labute approximate surface area is 93.8 Å². The molecular weight excluding hydrogens is 182 g/mol. The molecule has 0 unspecified atom stereocenters. The van der Waals surface area contributed by atoms with Crippen LogP contribution in [0.15, 0.2) is 36.5 Å². The van der Waals surface area contributed by atoms with Gasteiger partial charge in [0.05, 0.1) is 6.07 Å². The molecule has 0 N–H and O–H groups in total. The SMILES string of the molecule is CCC/C=C/C/C=C/CCC/C=C/C#N. The van der Waals surface area contributed by atoms with E-state index in [0.717, 1.165) is 25.7 Å². The summed E-state index contributed by atoms with van der Waals surface area (Å²) in [5.74, 6) is 0. The molecule has 0 radical (unpaired) electrons. The van der Waals surface area contributed by atoms with Gasteiger partial charge in [0.2, 0.25) is 0 Å². The van der Waals surface area contributed by atoms with Crippen LogP contribution in [0, 0.1) is 11.3 Å². The lowest BCUT2D eigenvalue weighted by Crippen LogP contribution is -1.69. The third-order valence-electron chi connectivity index (χ3n) is 1.99. The lowest BCUT2D eigenvalue weighted by molar-refractivity contribution is 0.866. The first-order chi connectivity index (χ1) is 7.41. The maximum Gasteiger partial charge on any atom is 0.0908 e. The van der Waals surface area contributed by atoms with Crippen molar-refractivity contribution < 1.29 is 0 Å². The summed E-state index contributed by atoms with van der Waals surface area (Å²) in [4.78, 5) is 0. The lowest BCUT2D eigenvalue weighted by Gasteiger charge is -1.89. The van der Waals surface area contributed by atoms with Gasteiger partial charge in [-0.3, -0.25) is 0 Å². The van der Waals surface area contributed by atoms with Crippen LogP contribution >= 0.6 is 0 Å². The summed E-state index contributed by atoms with van der Waals surface area (Å²) in [7, 11) is 0. The van der Waals surface area contributed by atoms with Crippen molar-refractivity contribution in [3.8, 4) is 6.07 Å². The molecule has 82 valence electrons. The topological polar surface area (TPSA) is 23.8 Å². The summed E-state index contributed by atoms with van der Waals surface area (Å²) in [6.07, 6.45) is 19.1. The van der Waals surface area contributed by atoms with Crippen molar-refractivity contribution in [3.05, 3.63) is 36.5 Å². The Morgan fingerprint density at radius 2 is 1.60 bits per heavy atom. The normalized spacial score (nSPS) is 11.7. The molecular formula is C14H21N. The number of allylic oxidation sites excluding steroid dienone is 6. The van der Waals surface area contributed by atoms with E-state index in [-0.39, 0.29) is 0 Å². The van der Waals surface area contributed by atoms with Crippen molar-refractivity contribution in [2.75, 3.05) is 0 Å². The highest BCUT2D eigenvalue weighted by Crippen LogP contribution is 1.99. The second-order valence-corrected chi connectivity index (χ2v) is 3.43. The fourth-order valence-corrected chi connectivity index (χ4v) is 1.16. The molecule has 0 atom stereocenters. The van der Waals surface area contributed by atoms with Gasteiger partial charge in [-0.25, -0.2) is 0 Å². The number of nitrogens with zero attached hydrogens (tertiary/aromatic N) is 1. The van der Waals surface area contributed by atoms with E-state index in [0.29, 0.717) is 0 Å². The molecule has 0 aliphatic heterocycles. The molecule has 0 saturated heterocycles. The Bertz CT molecular complexity index is 241. The molecule has 0 aromatic rings. The molecule has 0 saturated carbocycles. The van der Waals surface area contributed by atoms with Crippen molar-refractivity contribution >= 4 is 0 Å². The highest BCUT2D eigenvalue weighted by Gasteiger charge is 1.79. The van der Waals surface area contributed by atoms with Crippen LogP contribution in [-0.2, 0) is 0 Å². The average Bonchev–Trinajstić information content (AvgIpc) is 2.26. The fraction of sp³-hybridized carbons (Fsp3) is 0.500. The van der Waals surface area contributed by atoms with Crippen LogP contribution in [0.25, 0.3) is 0 Å². The Morgan fingerprint density at radius 3 is 2.27 bits per heavy atom. The monoisotopic (exact) mass is 203 g/mol. The molecule has 1 nitrogen and oxygen atoms in total. The summed E-state index contributed by atoms with van der Waals surface area (Å²) in [6, 6.07) is 1.99. The van der Waals surface area contributed by atoms with E-state index >= 15 is 0 Å². The van der Waals surface area contributed by atoms with Gasteiger partial charge in [0.25, 0.3) is 0 Å². The zero-order chi connectivity index (χ0) is 11.2. The minimum absolute atomic E-state index is 1.00. The molecule has 0 spiro atoms. The molecule has 0 rings (SSSR count). The quantitative estimate of drug-likeness (QED) is 0.323. The van der Waals surface area contributed by atoms with Crippen LogP contribution < -0.4 is 0 Å². The standard InChI is InChI=1S/C14H21N/c1-2-3-4-5-6-7-8-9-10-11-12-13-14-15/h4-5,7-8,12-13H,2-3,6,9-11H2,1H3/b5-4+,8-7+,13-12+. The molecule has 0 heterocycles. The van der Waals surface area contributed by atoms with Gasteiger partial charge < -0.3 is 0 Å². The van der Waals surface area contributed by atoms with Gasteiger partial charge in [-0.1, -0.05) is 43.7 Å². The summed E-state index contributed by atoms with van der Waals surface area (Å²) in [5, 5.41) is 8.25. The van der Waals surface area contributed by atoms with Crippen molar-refractivity contribution in [2.45, 2.75) is 45.4 Å². The first kappa shape index (κ1) is 13.7. The van der Waals surface area contributed by atoms with Gasteiger partial charge in [-0.05, 0) is 32.1 Å².